The van der Waals surface area contributed by atoms with E-state index in [9.17, 15) is 14.7 Å². The van der Waals surface area contributed by atoms with E-state index in [1.165, 1.54) is 18.3 Å². The van der Waals surface area contributed by atoms with Crippen LogP contribution >= 0.6 is 0 Å². The SMILES string of the molecule is O=C(N/N=C\c1cccc(O)c1)C(=O)NC1CC1. The Hall–Kier alpha value is -2.37. The van der Waals surface area contributed by atoms with Crippen LogP contribution in [0.2, 0.25) is 0 Å². The molecule has 1 aromatic carbocycles. The minimum atomic E-state index is -0.793. The van der Waals surface area contributed by atoms with E-state index in [-0.39, 0.29) is 11.8 Å². The molecule has 3 N–H and O–H groups in total. The van der Waals surface area contributed by atoms with Gasteiger partial charge in [0.25, 0.3) is 0 Å². The zero-order valence-electron chi connectivity index (χ0n) is 9.59. The molecule has 1 fully saturated rings. The summed E-state index contributed by atoms with van der Waals surface area (Å²) in [5.74, 6) is -1.36. The number of carbonyl (C=O) groups excluding carboxylic acids is 2. The predicted molar refractivity (Wildman–Crippen MR) is 65.0 cm³/mol. The molecule has 0 spiro atoms. The highest BCUT2D eigenvalue weighted by atomic mass is 16.3. The van der Waals surface area contributed by atoms with E-state index >= 15 is 0 Å². The number of hydrazone groups is 1. The second kappa shape index (κ2) is 5.31. The lowest BCUT2D eigenvalue weighted by Crippen LogP contribution is -2.38. The molecule has 0 aromatic heterocycles. The van der Waals surface area contributed by atoms with Crippen LogP contribution in [0.5, 0.6) is 5.75 Å². The Kier molecular flexibility index (Phi) is 3.57. The Morgan fingerprint density at radius 3 is 2.78 bits per heavy atom. The first-order chi connectivity index (χ1) is 8.65. The molecule has 0 radical (unpaired) electrons. The molecule has 0 aliphatic heterocycles. The van der Waals surface area contributed by atoms with Crippen LogP contribution < -0.4 is 10.7 Å². The molecule has 0 bridgehead atoms. The molecular weight excluding hydrogens is 234 g/mol. The molecule has 1 aromatic rings. The number of hydrogen-bond donors (Lipinski definition) is 3. The zero-order valence-corrected chi connectivity index (χ0v) is 9.59. The third-order valence-corrected chi connectivity index (χ3v) is 2.37. The first-order valence-corrected chi connectivity index (χ1v) is 5.58. The number of nitrogens with one attached hydrogen (secondary N) is 2. The molecule has 2 rings (SSSR count). The number of amides is 2. The fourth-order valence-corrected chi connectivity index (χ4v) is 1.30. The van der Waals surface area contributed by atoms with E-state index in [4.69, 9.17) is 0 Å². The van der Waals surface area contributed by atoms with Crippen molar-refractivity contribution in [1.29, 1.82) is 0 Å². The van der Waals surface area contributed by atoms with Crippen LogP contribution in [-0.2, 0) is 9.59 Å². The van der Waals surface area contributed by atoms with Gasteiger partial charge in [-0.1, -0.05) is 12.1 Å². The number of benzene rings is 1. The summed E-state index contributed by atoms with van der Waals surface area (Å²) < 4.78 is 0. The van der Waals surface area contributed by atoms with Crippen molar-refractivity contribution >= 4 is 18.0 Å². The van der Waals surface area contributed by atoms with Crippen molar-refractivity contribution in [2.45, 2.75) is 18.9 Å². The Balaban J connectivity index is 1.82. The van der Waals surface area contributed by atoms with Gasteiger partial charge in [0, 0.05) is 6.04 Å². The maximum atomic E-state index is 11.3. The molecular formula is C12H13N3O3. The van der Waals surface area contributed by atoms with E-state index in [1.807, 2.05) is 0 Å². The number of nitrogens with zero attached hydrogens (tertiary/aromatic N) is 1. The Bertz CT molecular complexity index is 495. The number of aromatic hydroxyl groups is 1. The molecule has 0 unspecified atom stereocenters. The lowest BCUT2D eigenvalue weighted by molar-refractivity contribution is -0.139. The van der Waals surface area contributed by atoms with Crippen molar-refractivity contribution in [1.82, 2.24) is 10.7 Å². The molecule has 0 atom stereocenters. The quantitative estimate of drug-likeness (QED) is 0.402. The molecule has 2 amide bonds. The molecule has 0 heterocycles. The summed E-state index contributed by atoms with van der Waals surface area (Å²) in [4.78, 5) is 22.5. The summed E-state index contributed by atoms with van der Waals surface area (Å²) in [5.41, 5.74) is 2.74. The fourth-order valence-electron chi connectivity index (χ4n) is 1.30. The van der Waals surface area contributed by atoms with Crippen LogP contribution in [-0.4, -0.2) is 29.2 Å². The summed E-state index contributed by atoms with van der Waals surface area (Å²) in [6, 6.07) is 6.51. The van der Waals surface area contributed by atoms with Crippen molar-refractivity contribution < 1.29 is 14.7 Å². The van der Waals surface area contributed by atoms with Gasteiger partial charge in [-0.15, -0.1) is 0 Å². The van der Waals surface area contributed by atoms with Gasteiger partial charge in [-0.05, 0) is 30.5 Å². The molecule has 6 heteroatoms. The highest BCUT2D eigenvalue weighted by molar-refractivity contribution is 6.35. The zero-order chi connectivity index (χ0) is 13.0. The van der Waals surface area contributed by atoms with Gasteiger partial charge in [-0.25, -0.2) is 5.43 Å². The van der Waals surface area contributed by atoms with Gasteiger partial charge in [0.05, 0.1) is 6.21 Å². The van der Waals surface area contributed by atoms with Crippen molar-refractivity contribution in [3.8, 4) is 5.75 Å². The monoisotopic (exact) mass is 247 g/mol. The largest absolute Gasteiger partial charge is 0.508 e. The first kappa shape index (κ1) is 12.1. The van der Waals surface area contributed by atoms with E-state index in [1.54, 1.807) is 12.1 Å². The van der Waals surface area contributed by atoms with Gasteiger partial charge < -0.3 is 10.4 Å². The summed E-state index contributed by atoms with van der Waals surface area (Å²) in [6.45, 7) is 0. The predicted octanol–water partition coefficient (Wildman–Crippen LogP) is 0.121. The topological polar surface area (TPSA) is 90.8 Å². The third-order valence-electron chi connectivity index (χ3n) is 2.37. The Labute approximate surface area is 104 Å². The minimum Gasteiger partial charge on any atom is -0.508 e. The van der Waals surface area contributed by atoms with Crippen LogP contribution in [0.15, 0.2) is 29.4 Å². The average molecular weight is 247 g/mol. The minimum absolute atomic E-state index is 0.108. The van der Waals surface area contributed by atoms with Gasteiger partial charge in [0.2, 0.25) is 0 Å². The van der Waals surface area contributed by atoms with Crippen LogP contribution in [0.3, 0.4) is 0 Å². The third kappa shape index (κ3) is 3.58. The lowest BCUT2D eigenvalue weighted by Gasteiger charge is -2.00. The molecule has 1 saturated carbocycles. The smallest absolute Gasteiger partial charge is 0.329 e. The van der Waals surface area contributed by atoms with E-state index in [0.29, 0.717) is 5.56 Å². The highest BCUT2D eigenvalue weighted by Gasteiger charge is 2.26. The number of phenols is 1. The van der Waals surface area contributed by atoms with Crippen LogP contribution in [0, 0.1) is 0 Å². The molecule has 18 heavy (non-hydrogen) atoms. The lowest BCUT2D eigenvalue weighted by atomic mass is 10.2. The molecule has 0 saturated heterocycles. The van der Waals surface area contributed by atoms with E-state index in [0.717, 1.165) is 12.8 Å². The van der Waals surface area contributed by atoms with Gasteiger partial charge >= 0.3 is 11.8 Å². The second-order valence-electron chi connectivity index (χ2n) is 4.04. The van der Waals surface area contributed by atoms with Crippen LogP contribution in [0.25, 0.3) is 0 Å². The normalized spacial score (nSPS) is 14.4. The molecule has 1 aliphatic carbocycles. The first-order valence-electron chi connectivity index (χ1n) is 5.58. The van der Waals surface area contributed by atoms with Crippen LogP contribution in [0.1, 0.15) is 18.4 Å². The highest BCUT2D eigenvalue weighted by Crippen LogP contribution is 2.18. The Morgan fingerprint density at radius 1 is 1.33 bits per heavy atom. The second-order valence-corrected chi connectivity index (χ2v) is 4.04. The maximum Gasteiger partial charge on any atom is 0.329 e. The van der Waals surface area contributed by atoms with Crippen molar-refractivity contribution in [2.24, 2.45) is 5.10 Å². The van der Waals surface area contributed by atoms with Crippen molar-refractivity contribution in [3.05, 3.63) is 29.8 Å². The standard InChI is InChI=1S/C12H13N3O3/c16-10-3-1-2-8(6-10)7-13-15-12(18)11(17)14-9-4-5-9/h1-3,6-7,9,16H,4-5H2,(H,14,17)(H,15,18)/b13-7-. The molecule has 94 valence electrons. The average Bonchev–Trinajstić information content (AvgIpc) is 3.13. The van der Waals surface area contributed by atoms with Gasteiger partial charge in [-0.3, -0.25) is 9.59 Å². The van der Waals surface area contributed by atoms with Gasteiger partial charge in [0.15, 0.2) is 0 Å². The summed E-state index contributed by atoms with van der Waals surface area (Å²) >= 11 is 0. The summed E-state index contributed by atoms with van der Waals surface area (Å²) in [6.07, 6.45) is 3.19. The number of rotatable bonds is 3. The van der Waals surface area contributed by atoms with E-state index < -0.39 is 11.8 Å². The number of phenolic OH excluding ortho intramolecular Hbond substituents is 1. The fraction of sp³-hybridized carbons (Fsp3) is 0.250. The molecule has 1 aliphatic rings. The summed E-state index contributed by atoms with van der Waals surface area (Å²) in [7, 11) is 0. The number of carbonyl (C=O) groups is 2. The van der Waals surface area contributed by atoms with Crippen LogP contribution in [0.4, 0.5) is 0 Å². The number of hydrogen-bond acceptors (Lipinski definition) is 4. The Morgan fingerprint density at radius 2 is 2.11 bits per heavy atom. The van der Waals surface area contributed by atoms with Crippen molar-refractivity contribution in [3.63, 3.8) is 0 Å². The molecule has 6 nitrogen and oxygen atoms in total. The van der Waals surface area contributed by atoms with Crippen molar-refractivity contribution in [2.75, 3.05) is 0 Å². The maximum absolute atomic E-state index is 11.3. The van der Waals surface area contributed by atoms with Gasteiger partial charge in [0.1, 0.15) is 5.75 Å². The summed E-state index contributed by atoms with van der Waals surface area (Å²) in [5, 5.41) is 15.4. The van der Waals surface area contributed by atoms with Gasteiger partial charge in [-0.2, -0.15) is 5.10 Å². The van der Waals surface area contributed by atoms with E-state index in [2.05, 4.69) is 15.8 Å².